The molecule has 0 aliphatic rings. The molecule has 0 saturated heterocycles. The Morgan fingerprint density at radius 3 is 3.00 bits per heavy atom. The highest BCUT2D eigenvalue weighted by Crippen LogP contribution is 2.19. The van der Waals surface area contributed by atoms with Crippen LogP contribution in [0.25, 0.3) is 11.4 Å². The number of pyridine rings is 1. The fourth-order valence-corrected chi connectivity index (χ4v) is 2.02. The van der Waals surface area contributed by atoms with Crippen LogP contribution in [0.2, 0.25) is 0 Å². The molecule has 0 aliphatic heterocycles. The molecular formula is C10H10N4O3S. The Balaban J connectivity index is 2.34. The van der Waals surface area contributed by atoms with Crippen molar-refractivity contribution in [3.8, 4) is 11.4 Å². The molecule has 0 aliphatic carbocycles. The van der Waals surface area contributed by atoms with Crippen molar-refractivity contribution in [2.75, 3.05) is 5.75 Å². The maximum Gasteiger partial charge on any atom is 0.313 e. The van der Waals surface area contributed by atoms with Crippen molar-refractivity contribution in [3.05, 3.63) is 28.7 Å². The molecule has 8 heteroatoms. The third-order valence-electron chi connectivity index (χ3n) is 2.22. The summed E-state index contributed by atoms with van der Waals surface area (Å²) in [7, 11) is 1.69. The molecule has 0 spiro atoms. The molecule has 0 saturated carbocycles. The molecule has 2 N–H and O–H groups in total. The molecule has 0 fully saturated rings. The Morgan fingerprint density at radius 2 is 2.33 bits per heavy atom. The summed E-state index contributed by atoms with van der Waals surface area (Å²) in [5, 5.41) is 16.8. The van der Waals surface area contributed by atoms with E-state index in [1.165, 1.54) is 18.5 Å². The number of carboxylic acids is 1. The van der Waals surface area contributed by atoms with E-state index in [9.17, 15) is 9.59 Å². The Kier molecular flexibility index (Phi) is 3.47. The number of aliphatic carboxylic acids is 1. The minimum absolute atomic E-state index is 0.100. The van der Waals surface area contributed by atoms with Gasteiger partial charge in [-0.15, -0.1) is 10.2 Å². The van der Waals surface area contributed by atoms with E-state index in [0.717, 1.165) is 11.8 Å². The molecule has 0 atom stereocenters. The van der Waals surface area contributed by atoms with E-state index in [2.05, 4.69) is 15.2 Å². The predicted molar refractivity (Wildman–Crippen MR) is 65.4 cm³/mol. The third-order valence-corrected chi connectivity index (χ3v) is 3.23. The average Bonchev–Trinajstić information content (AvgIpc) is 2.69. The van der Waals surface area contributed by atoms with Crippen molar-refractivity contribution in [1.29, 1.82) is 0 Å². The lowest BCUT2D eigenvalue weighted by molar-refractivity contribution is -0.133. The molecule has 0 radical (unpaired) electrons. The summed E-state index contributed by atoms with van der Waals surface area (Å²) in [5.41, 5.74) is 0.230. The van der Waals surface area contributed by atoms with Crippen LogP contribution in [0.5, 0.6) is 0 Å². The Hall–Kier alpha value is -2.09. The minimum atomic E-state index is -0.929. The van der Waals surface area contributed by atoms with Gasteiger partial charge in [0.25, 0.3) is 0 Å². The highest BCUT2D eigenvalue weighted by molar-refractivity contribution is 7.99. The molecule has 0 amide bonds. The van der Waals surface area contributed by atoms with Gasteiger partial charge < -0.3 is 14.7 Å². The summed E-state index contributed by atoms with van der Waals surface area (Å²) >= 11 is 1.05. The number of carbonyl (C=O) groups is 1. The maximum atomic E-state index is 11.6. The molecule has 7 nitrogen and oxygen atoms in total. The predicted octanol–water partition coefficient (Wildman–Crippen LogP) is 0.347. The van der Waals surface area contributed by atoms with Crippen LogP contribution in [0.15, 0.2) is 28.4 Å². The van der Waals surface area contributed by atoms with E-state index in [1.807, 2.05) is 0 Å². The molecule has 18 heavy (non-hydrogen) atoms. The second-order valence-electron chi connectivity index (χ2n) is 3.47. The Morgan fingerprint density at radius 1 is 1.56 bits per heavy atom. The van der Waals surface area contributed by atoms with E-state index in [0.29, 0.717) is 16.5 Å². The van der Waals surface area contributed by atoms with Gasteiger partial charge in [-0.3, -0.25) is 9.59 Å². The summed E-state index contributed by atoms with van der Waals surface area (Å²) in [5.74, 6) is -0.622. The largest absolute Gasteiger partial charge is 0.481 e. The zero-order chi connectivity index (χ0) is 13.1. The number of hydrogen-bond acceptors (Lipinski definition) is 5. The first-order chi connectivity index (χ1) is 8.59. The van der Waals surface area contributed by atoms with Crippen molar-refractivity contribution < 1.29 is 9.90 Å². The Bertz CT molecular complexity index is 634. The highest BCUT2D eigenvalue weighted by Gasteiger charge is 2.14. The number of rotatable bonds is 4. The second kappa shape index (κ2) is 5.05. The first kappa shape index (κ1) is 12.4. The van der Waals surface area contributed by atoms with Gasteiger partial charge in [-0.1, -0.05) is 11.8 Å². The number of H-pyrrole nitrogens is 1. The summed E-state index contributed by atoms with van der Waals surface area (Å²) in [6, 6.07) is 1.40. The summed E-state index contributed by atoms with van der Waals surface area (Å²) < 4.78 is 1.60. The lowest BCUT2D eigenvalue weighted by Gasteiger charge is -2.01. The van der Waals surface area contributed by atoms with Crippen LogP contribution in [-0.2, 0) is 11.8 Å². The van der Waals surface area contributed by atoms with Gasteiger partial charge in [0.15, 0.2) is 16.4 Å². The van der Waals surface area contributed by atoms with E-state index in [4.69, 9.17) is 5.11 Å². The lowest BCUT2D eigenvalue weighted by Crippen LogP contribution is -2.07. The first-order valence-electron chi connectivity index (χ1n) is 5.01. The van der Waals surface area contributed by atoms with Crippen molar-refractivity contribution >= 4 is 17.7 Å². The van der Waals surface area contributed by atoms with Crippen LogP contribution >= 0.6 is 11.8 Å². The second-order valence-corrected chi connectivity index (χ2v) is 4.41. The van der Waals surface area contributed by atoms with Gasteiger partial charge in [-0.05, 0) is 0 Å². The standard InChI is InChI=1S/C10H10N4O3S/c1-14-9(6-4-11-3-2-7(6)15)12-13-10(14)18-5-8(16)17/h2-4H,5H2,1H3,(H,11,15)(H,16,17). The molecular weight excluding hydrogens is 256 g/mol. The molecule has 0 bridgehead atoms. The third kappa shape index (κ3) is 2.43. The molecule has 2 heterocycles. The van der Waals surface area contributed by atoms with E-state index in [1.54, 1.807) is 11.6 Å². The topological polar surface area (TPSA) is 101 Å². The monoisotopic (exact) mass is 266 g/mol. The summed E-state index contributed by atoms with van der Waals surface area (Å²) in [6.07, 6.45) is 3.07. The van der Waals surface area contributed by atoms with Crippen LogP contribution < -0.4 is 5.43 Å². The van der Waals surface area contributed by atoms with Crippen molar-refractivity contribution in [2.45, 2.75) is 5.16 Å². The zero-order valence-corrected chi connectivity index (χ0v) is 10.3. The van der Waals surface area contributed by atoms with Gasteiger partial charge >= 0.3 is 5.97 Å². The van der Waals surface area contributed by atoms with Crippen LogP contribution in [0.3, 0.4) is 0 Å². The van der Waals surface area contributed by atoms with Gasteiger partial charge in [-0.2, -0.15) is 0 Å². The average molecular weight is 266 g/mol. The number of hydrogen-bond donors (Lipinski definition) is 2. The van der Waals surface area contributed by atoms with Gasteiger partial charge in [0.05, 0.1) is 11.3 Å². The molecule has 0 unspecified atom stereocenters. The molecule has 2 aromatic heterocycles. The van der Waals surface area contributed by atoms with Gasteiger partial charge in [-0.25, -0.2) is 0 Å². The number of nitrogens with one attached hydrogen (secondary N) is 1. The van der Waals surface area contributed by atoms with Crippen LogP contribution in [-0.4, -0.2) is 36.6 Å². The minimum Gasteiger partial charge on any atom is -0.481 e. The first-order valence-corrected chi connectivity index (χ1v) is 5.99. The van der Waals surface area contributed by atoms with Crippen LogP contribution in [0, 0.1) is 0 Å². The fraction of sp³-hybridized carbons (Fsp3) is 0.200. The van der Waals surface area contributed by atoms with E-state index in [-0.39, 0.29) is 11.2 Å². The number of nitrogens with zero attached hydrogens (tertiary/aromatic N) is 3. The van der Waals surface area contributed by atoms with E-state index < -0.39 is 5.97 Å². The fourth-order valence-electron chi connectivity index (χ4n) is 1.39. The number of aromatic nitrogens is 4. The zero-order valence-electron chi connectivity index (χ0n) is 9.45. The van der Waals surface area contributed by atoms with Crippen molar-refractivity contribution in [1.82, 2.24) is 19.7 Å². The molecule has 0 aromatic carbocycles. The quantitative estimate of drug-likeness (QED) is 0.774. The number of thioether (sulfide) groups is 1. The van der Waals surface area contributed by atoms with Crippen LogP contribution in [0.4, 0.5) is 0 Å². The number of carboxylic acid groups (broad SMARTS) is 1. The smallest absolute Gasteiger partial charge is 0.313 e. The molecule has 2 rings (SSSR count). The highest BCUT2D eigenvalue weighted by atomic mass is 32.2. The molecule has 94 valence electrons. The summed E-state index contributed by atoms with van der Waals surface area (Å²) in [4.78, 5) is 24.9. The normalized spacial score (nSPS) is 10.5. The van der Waals surface area contributed by atoms with E-state index >= 15 is 0 Å². The van der Waals surface area contributed by atoms with Crippen LogP contribution in [0.1, 0.15) is 0 Å². The maximum absolute atomic E-state index is 11.6. The summed E-state index contributed by atoms with van der Waals surface area (Å²) in [6.45, 7) is 0. The Labute approximate surface area is 106 Å². The SMILES string of the molecule is Cn1c(SCC(=O)O)nnc1-c1c[nH]ccc1=O. The van der Waals surface area contributed by atoms with Gasteiger partial charge in [0, 0.05) is 25.5 Å². The van der Waals surface area contributed by atoms with Gasteiger partial charge in [0.2, 0.25) is 0 Å². The molecule has 2 aromatic rings. The lowest BCUT2D eigenvalue weighted by atomic mass is 10.2. The van der Waals surface area contributed by atoms with Gasteiger partial charge in [0.1, 0.15) is 0 Å². The number of aromatic amines is 1. The van der Waals surface area contributed by atoms with Crippen molar-refractivity contribution in [2.24, 2.45) is 7.05 Å². The van der Waals surface area contributed by atoms with Crippen molar-refractivity contribution in [3.63, 3.8) is 0 Å².